The van der Waals surface area contributed by atoms with Gasteiger partial charge in [0.2, 0.25) is 0 Å². The molecule has 1 heterocycles. The third-order valence-corrected chi connectivity index (χ3v) is 4.84. The minimum atomic E-state index is -0.336. The first kappa shape index (κ1) is 20.3. The minimum absolute atomic E-state index is 0.211. The molecular formula is C24H25N3O2. The number of aromatic nitrogens is 1. The third kappa shape index (κ3) is 5.51. The van der Waals surface area contributed by atoms with Gasteiger partial charge < -0.3 is 10.6 Å². The summed E-state index contributed by atoms with van der Waals surface area (Å²) < 4.78 is 0. The van der Waals surface area contributed by atoms with Crippen LogP contribution in [0.15, 0.2) is 66.7 Å². The standard InChI is InChI=1S/C24H25N3O2/c1-17-9-6-13-20(18(17)2)27-24(29)22-15-7-14-21(26-22)23(28)25-16-8-12-19-10-4-3-5-11-19/h3-7,9-11,13-15H,8,12,16H2,1-2H3,(H,25,28)(H,27,29). The van der Waals surface area contributed by atoms with Crippen molar-refractivity contribution < 1.29 is 9.59 Å². The lowest BCUT2D eigenvalue weighted by atomic mass is 10.1. The van der Waals surface area contributed by atoms with Crippen LogP contribution in [0.4, 0.5) is 5.69 Å². The molecule has 5 nitrogen and oxygen atoms in total. The number of hydrogen-bond acceptors (Lipinski definition) is 3. The maximum Gasteiger partial charge on any atom is 0.274 e. The van der Waals surface area contributed by atoms with E-state index in [4.69, 9.17) is 0 Å². The van der Waals surface area contributed by atoms with Crippen molar-refractivity contribution in [2.24, 2.45) is 0 Å². The Balaban J connectivity index is 1.57. The molecule has 0 spiro atoms. The lowest BCUT2D eigenvalue weighted by Gasteiger charge is -2.10. The lowest BCUT2D eigenvalue weighted by Crippen LogP contribution is -2.26. The molecule has 0 atom stereocenters. The van der Waals surface area contributed by atoms with Gasteiger partial charge in [0.25, 0.3) is 11.8 Å². The number of pyridine rings is 1. The molecule has 0 saturated carbocycles. The Morgan fingerprint density at radius 1 is 0.828 bits per heavy atom. The van der Waals surface area contributed by atoms with E-state index in [-0.39, 0.29) is 23.2 Å². The Labute approximate surface area is 171 Å². The normalized spacial score (nSPS) is 10.4. The lowest BCUT2D eigenvalue weighted by molar-refractivity contribution is 0.0948. The monoisotopic (exact) mass is 387 g/mol. The highest BCUT2D eigenvalue weighted by atomic mass is 16.2. The predicted molar refractivity (Wildman–Crippen MR) is 115 cm³/mol. The molecule has 2 aromatic carbocycles. The third-order valence-electron chi connectivity index (χ3n) is 4.84. The van der Waals surface area contributed by atoms with E-state index >= 15 is 0 Å². The van der Waals surface area contributed by atoms with E-state index in [1.54, 1.807) is 18.2 Å². The predicted octanol–water partition coefficient (Wildman–Crippen LogP) is 4.31. The average Bonchev–Trinajstić information content (AvgIpc) is 2.75. The minimum Gasteiger partial charge on any atom is -0.351 e. The van der Waals surface area contributed by atoms with Crippen LogP contribution in [-0.2, 0) is 6.42 Å². The molecule has 0 saturated heterocycles. The fourth-order valence-electron chi connectivity index (χ4n) is 2.99. The molecular weight excluding hydrogens is 362 g/mol. The van der Waals surface area contributed by atoms with Gasteiger partial charge in [-0.2, -0.15) is 0 Å². The topological polar surface area (TPSA) is 71.1 Å². The van der Waals surface area contributed by atoms with E-state index in [1.165, 1.54) is 5.56 Å². The molecule has 2 amide bonds. The van der Waals surface area contributed by atoms with E-state index in [9.17, 15) is 9.59 Å². The molecule has 5 heteroatoms. The smallest absolute Gasteiger partial charge is 0.274 e. The Kier molecular flexibility index (Phi) is 6.74. The maximum atomic E-state index is 12.6. The van der Waals surface area contributed by atoms with Gasteiger partial charge in [0.15, 0.2) is 0 Å². The Bertz CT molecular complexity index is 1000. The number of nitrogens with one attached hydrogen (secondary N) is 2. The molecule has 29 heavy (non-hydrogen) atoms. The largest absolute Gasteiger partial charge is 0.351 e. The van der Waals surface area contributed by atoms with Gasteiger partial charge in [-0.3, -0.25) is 9.59 Å². The van der Waals surface area contributed by atoms with E-state index in [0.29, 0.717) is 6.54 Å². The summed E-state index contributed by atoms with van der Waals surface area (Å²) in [5, 5.41) is 5.74. The second-order valence-electron chi connectivity index (χ2n) is 6.95. The SMILES string of the molecule is Cc1cccc(NC(=O)c2cccc(C(=O)NCCCc3ccccc3)n2)c1C. The molecule has 0 aliphatic carbocycles. The first-order valence-corrected chi connectivity index (χ1v) is 9.71. The number of aryl methyl sites for hydroxylation is 2. The number of hydrogen-bond donors (Lipinski definition) is 2. The summed E-state index contributed by atoms with van der Waals surface area (Å²) >= 11 is 0. The van der Waals surface area contributed by atoms with Gasteiger partial charge in [-0.15, -0.1) is 0 Å². The van der Waals surface area contributed by atoms with Gasteiger partial charge in [-0.05, 0) is 61.6 Å². The van der Waals surface area contributed by atoms with Crippen LogP contribution < -0.4 is 10.6 Å². The number of anilines is 1. The molecule has 148 valence electrons. The summed E-state index contributed by atoms with van der Waals surface area (Å²) in [6, 6.07) is 20.8. The van der Waals surface area contributed by atoms with Gasteiger partial charge in [0, 0.05) is 12.2 Å². The number of carbonyl (C=O) groups is 2. The second kappa shape index (κ2) is 9.64. The van der Waals surface area contributed by atoms with Gasteiger partial charge in [-0.25, -0.2) is 4.98 Å². The van der Waals surface area contributed by atoms with Gasteiger partial charge in [0.1, 0.15) is 11.4 Å². The Hall–Kier alpha value is -3.47. The number of benzene rings is 2. The highest BCUT2D eigenvalue weighted by Gasteiger charge is 2.13. The van der Waals surface area contributed by atoms with Crippen molar-refractivity contribution in [1.82, 2.24) is 10.3 Å². The van der Waals surface area contributed by atoms with Crippen molar-refractivity contribution >= 4 is 17.5 Å². The summed E-state index contributed by atoms with van der Waals surface area (Å²) in [5.74, 6) is -0.614. The second-order valence-corrected chi connectivity index (χ2v) is 6.95. The van der Waals surface area contributed by atoms with E-state index < -0.39 is 0 Å². The molecule has 0 bridgehead atoms. The fraction of sp³-hybridized carbons (Fsp3) is 0.208. The van der Waals surface area contributed by atoms with Crippen molar-refractivity contribution in [2.45, 2.75) is 26.7 Å². The molecule has 0 unspecified atom stereocenters. The number of nitrogens with zero attached hydrogens (tertiary/aromatic N) is 1. The molecule has 0 aliphatic heterocycles. The average molecular weight is 387 g/mol. The van der Waals surface area contributed by atoms with Crippen molar-refractivity contribution in [3.8, 4) is 0 Å². The van der Waals surface area contributed by atoms with Crippen molar-refractivity contribution in [3.63, 3.8) is 0 Å². The fourth-order valence-corrected chi connectivity index (χ4v) is 2.99. The highest BCUT2D eigenvalue weighted by Crippen LogP contribution is 2.18. The van der Waals surface area contributed by atoms with Crippen molar-refractivity contribution in [3.05, 3.63) is 94.8 Å². The van der Waals surface area contributed by atoms with E-state index in [2.05, 4.69) is 27.8 Å². The van der Waals surface area contributed by atoms with Crippen LogP contribution in [-0.4, -0.2) is 23.3 Å². The van der Waals surface area contributed by atoms with Crippen LogP contribution in [0.2, 0.25) is 0 Å². The zero-order chi connectivity index (χ0) is 20.6. The zero-order valence-corrected chi connectivity index (χ0v) is 16.7. The molecule has 1 aromatic heterocycles. The van der Waals surface area contributed by atoms with Gasteiger partial charge in [0.05, 0.1) is 0 Å². The van der Waals surface area contributed by atoms with Crippen LogP contribution in [0.3, 0.4) is 0 Å². The summed E-state index contributed by atoms with van der Waals surface area (Å²) in [7, 11) is 0. The van der Waals surface area contributed by atoms with Gasteiger partial charge >= 0.3 is 0 Å². The quantitative estimate of drug-likeness (QED) is 0.593. The molecule has 0 aliphatic rings. The Morgan fingerprint density at radius 3 is 2.28 bits per heavy atom. The summed E-state index contributed by atoms with van der Waals surface area (Å²) in [4.78, 5) is 29.2. The highest BCUT2D eigenvalue weighted by molar-refractivity contribution is 6.04. The molecule has 2 N–H and O–H groups in total. The Morgan fingerprint density at radius 2 is 1.52 bits per heavy atom. The molecule has 0 radical (unpaired) electrons. The number of rotatable bonds is 7. The summed E-state index contributed by atoms with van der Waals surface area (Å²) in [6.07, 6.45) is 1.73. The van der Waals surface area contributed by atoms with E-state index in [1.807, 2.05) is 50.2 Å². The number of carbonyl (C=O) groups excluding carboxylic acids is 2. The van der Waals surface area contributed by atoms with Crippen LogP contribution in [0.5, 0.6) is 0 Å². The molecule has 3 aromatic rings. The van der Waals surface area contributed by atoms with Crippen LogP contribution in [0.25, 0.3) is 0 Å². The summed E-state index contributed by atoms with van der Waals surface area (Å²) in [5.41, 5.74) is 4.53. The van der Waals surface area contributed by atoms with Crippen LogP contribution >= 0.6 is 0 Å². The van der Waals surface area contributed by atoms with Gasteiger partial charge in [-0.1, -0.05) is 48.5 Å². The van der Waals surface area contributed by atoms with Crippen molar-refractivity contribution in [1.29, 1.82) is 0 Å². The van der Waals surface area contributed by atoms with Crippen LogP contribution in [0, 0.1) is 13.8 Å². The number of amides is 2. The summed E-state index contributed by atoms with van der Waals surface area (Å²) in [6.45, 7) is 4.50. The first-order valence-electron chi connectivity index (χ1n) is 9.71. The first-order chi connectivity index (χ1) is 14.0. The molecule has 0 fully saturated rings. The van der Waals surface area contributed by atoms with Crippen LogP contribution in [0.1, 0.15) is 44.1 Å². The molecule has 3 rings (SSSR count). The maximum absolute atomic E-state index is 12.6. The zero-order valence-electron chi connectivity index (χ0n) is 16.7. The van der Waals surface area contributed by atoms with Crippen molar-refractivity contribution in [2.75, 3.05) is 11.9 Å². The van der Waals surface area contributed by atoms with E-state index in [0.717, 1.165) is 29.7 Å².